The fraction of sp³-hybridized carbons (Fsp3) is 0.333. The van der Waals surface area contributed by atoms with E-state index in [1.54, 1.807) is 13.2 Å². The summed E-state index contributed by atoms with van der Waals surface area (Å²) in [6.45, 7) is 1.27. The summed E-state index contributed by atoms with van der Waals surface area (Å²) in [5, 5.41) is 6.42. The fourth-order valence-corrected chi connectivity index (χ4v) is 1.97. The van der Waals surface area contributed by atoms with E-state index in [1.165, 1.54) is 0 Å². The van der Waals surface area contributed by atoms with Crippen molar-refractivity contribution in [3.05, 3.63) is 36.0 Å². The van der Waals surface area contributed by atoms with Gasteiger partial charge < -0.3 is 20.4 Å². The van der Waals surface area contributed by atoms with Crippen LogP contribution in [-0.2, 0) is 9.53 Å². The zero-order valence-electron chi connectivity index (χ0n) is 11.9. The number of fused-ring (bicyclic) bond motifs is 1. The Morgan fingerprint density at radius 2 is 2.05 bits per heavy atom. The van der Waals surface area contributed by atoms with Crippen LogP contribution in [0.2, 0.25) is 0 Å². The number of ether oxygens (including phenoxy) is 1. The molecular weight excluding hydrogens is 270 g/mol. The number of aromatic nitrogens is 1. The van der Waals surface area contributed by atoms with Crippen molar-refractivity contribution in [3.63, 3.8) is 0 Å². The van der Waals surface area contributed by atoms with Crippen molar-refractivity contribution in [3.8, 4) is 0 Å². The van der Waals surface area contributed by atoms with E-state index in [9.17, 15) is 9.59 Å². The Labute approximate surface area is 122 Å². The second-order valence-corrected chi connectivity index (χ2v) is 4.63. The number of nitrogens with one attached hydrogen (secondary N) is 3. The molecule has 21 heavy (non-hydrogen) atoms. The molecule has 0 unspecified atom stereocenters. The third-order valence-electron chi connectivity index (χ3n) is 3.08. The van der Waals surface area contributed by atoms with Crippen molar-refractivity contribution in [2.75, 3.05) is 26.8 Å². The lowest BCUT2D eigenvalue weighted by molar-refractivity contribution is -0.121. The van der Waals surface area contributed by atoms with E-state index < -0.39 is 0 Å². The lowest BCUT2D eigenvalue weighted by atomic mass is 10.1. The van der Waals surface area contributed by atoms with Crippen LogP contribution in [0.15, 0.2) is 30.5 Å². The van der Waals surface area contributed by atoms with Crippen LogP contribution < -0.4 is 10.6 Å². The zero-order valence-corrected chi connectivity index (χ0v) is 11.9. The van der Waals surface area contributed by atoms with E-state index in [4.69, 9.17) is 4.74 Å². The molecule has 0 aliphatic carbocycles. The van der Waals surface area contributed by atoms with Crippen molar-refractivity contribution in [1.82, 2.24) is 15.6 Å². The summed E-state index contributed by atoms with van der Waals surface area (Å²) < 4.78 is 4.83. The van der Waals surface area contributed by atoms with Crippen LogP contribution in [0, 0.1) is 0 Å². The molecule has 1 heterocycles. The van der Waals surface area contributed by atoms with Gasteiger partial charge in [-0.05, 0) is 24.3 Å². The number of carbonyl (C=O) groups excluding carboxylic acids is 2. The average Bonchev–Trinajstić information content (AvgIpc) is 2.94. The lowest BCUT2D eigenvalue weighted by Gasteiger charge is -2.06. The van der Waals surface area contributed by atoms with Crippen LogP contribution >= 0.6 is 0 Å². The first-order valence-corrected chi connectivity index (χ1v) is 6.81. The molecule has 6 nitrogen and oxygen atoms in total. The number of H-pyrrole nitrogens is 1. The van der Waals surface area contributed by atoms with Gasteiger partial charge >= 0.3 is 0 Å². The van der Waals surface area contributed by atoms with Crippen LogP contribution in [-0.4, -0.2) is 43.6 Å². The van der Waals surface area contributed by atoms with E-state index in [2.05, 4.69) is 15.6 Å². The predicted octanol–water partition coefficient (Wildman–Crippen LogP) is 1.05. The summed E-state index contributed by atoms with van der Waals surface area (Å²) in [6, 6.07) is 7.35. The monoisotopic (exact) mass is 289 g/mol. The summed E-state index contributed by atoms with van der Waals surface area (Å²) in [5.74, 6) is -0.281. The number of rotatable bonds is 7. The van der Waals surface area contributed by atoms with Gasteiger partial charge in [0.25, 0.3) is 5.91 Å². The van der Waals surface area contributed by atoms with Gasteiger partial charge in [-0.25, -0.2) is 0 Å². The SMILES string of the molecule is COCCNC(=O)CCNC(=O)c1ccc2[nH]ccc2c1. The van der Waals surface area contributed by atoms with Crippen molar-refractivity contribution in [2.45, 2.75) is 6.42 Å². The van der Waals surface area contributed by atoms with E-state index in [-0.39, 0.29) is 18.2 Å². The Bertz CT molecular complexity index is 621. The van der Waals surface area contributed by atoms with Gasteiger partial charge in [-0.1, -0.05) is 0 Å². The number of benzene rings is 1. The van der Waals surface area contributed by atoms with Crippen LogP contribution in [0.5, 0.6) is 0 Å². The van der Waals surface area contributed by atoms with Crippen LogP contribution in [0.4, 0.5) is 0 Å². The number of hydrogen-bond acceptors (Lipinski definition) is 3. The van der Waals surface area contributed by atoms with E-state index in [1.807, 2.05) is 24.4 Å². The van der Waals surface area contributed by atoms with Gasteiger partial charge in [-0.15, -0.1) is 0 Å². The molecule has 2 amide bonds. The van der Waals surface area contributed by atoms with Crippen molar-refractivity contribution in [1.29, 1.82) is 0 Å². The Balaban J connectivity index is 1.77. The first kappa shape index (κ1) is 15.1. The molecule has 2 aromatic rings. The van der Waals surface area contributed by atoms with Gasteiger partial charge in [0.1, 0.15) is 0 Å². The number of methoxy groups -OCH3 is 1. The van der Waals surface area contributed by atoms with Crippen molar-refractivity contribution in [2.24, 2.45) is 0 Å². The molecule has 0 aliphatic heterocycles. The van der Waals surface area contributed by atoms with E-state index >= 15 is 0 Å². The second-order valence-electron chi connectivity index (χ2n) is 4.63. The third-order valence-corrected chi connectivity index (χ3v) is 3.08. The Hall–Kier alpha value is -2.34. The summed E-state index contributed by atoms with van der Waals surface area (Å²) in [5.41, 5.74) is 1.57. The maximum absolute atomic E-state index is 12.0. The number of amides is 2. The molecule has 0 aliphatic rings. The highest BCUT2D eigenvalue weighted by Crippen LogP contribution is 2.14. The predicted molar refractivity (Wildman–Crippen MR) is 80.1 cm³/mol. The summed E-state index contributed by atoms with van der Waals surface area (Å²) in [4.78, 5) is 26.5. The molecule has 0 bridgehead atoms. The Morgan fingerprint density at radius 3 is 2.86 bits per heavy atom. The molecule has 112 valence electrons. The second kappa shape index (κ2) is 7.44. The lowest BCUT2D eigenvalue weighted by Crippen LogP contribution is -2.32. The molecule has 0 fully saturated rings. The van der Waals surface area contributed by atoms with Gasteiger partial charge in [-0.2, -0.15) is 0 Å². The zero-order chi connectivity index (χ0) is 15.1. The summed E-state index contributed by atoms with van der Waals surface area (Å²) >= 11 is 0. The maximum Gasteiger partial charge on any atom is 0.251 e. The number of hydrogen-bond donors (Lipinski definition) is 3. The molecule has 1 aromatic carbocycles. The molecule has 1 aromatic heterocycles. The minimum absolute atomic E-state index is 0.103. The van der Waals surface area contributed by atoms with Crippen molar-refractivity contribution < 1.29 is 14.3 Å². The van der Waals surface area contributed by atoms with E-state index in [0.29, 0.717) is 25.3 Å². The highest BCUT2D eigenvalue weighted by atomic mass is 16.5. The van der Waals surface area contributed by atoms with Crippen molar-refractivity contribution >= 4 is 22.7 Å². The summed E-state index contributed by atoms with van der Waals surface area (Å²) in [7, 11) is 1.58. The first-order chi connectivity index (χ1) is 10.2. The molecule has 0 atom stereocenters. The van der Waals surface area contributed by atoms with Gasteiger partial charge in [0, 0.05) is 49.3 Å². The van der Waals surface area contributed by atoms with Gasteiger partial charge in [0.2, 0.25) is 5.91 Å². The highest BCUT2D eigenvalue weighted by molar-refractivity contribution is 5.98. The number of aromatic amines is 1. The Kier molecular flexibility index (Phi) is 5.34. The molecular formula is C15H19N3O3. The maximum atomic E-state index is 12.0. The Morgan fingerprint density at radius 1 is 1.19 bits per heavy atom. The number of carbonyl (C=O) groups is 2. The molecule has 0 saturated heterocycles. The van der Waals surface area contributed by atoms with Crippen LogP contribution in [0.25, 0.3) is 10.9 Å². The minimum Gasteiger partial charge on any atom is -0.383 e. The average molecular weight is 289 g/mol. The van der Waals surface area contributed by atoms with Gasteiger partial charge in [0.15, 0.2) is 0 Å². The van der Waals surface area contributed by atoms with E-state index in [0.717, 1.165) is 10.9 Å². The molecule has 0 radical (unpaired) electrons. The normalized spacial score (nSPS) is 10.5. The topological polar surface area (TPSA) is 83.2 Å². The smallest absolute Gasteiger partial charge is 0.251 e. The molecule has 0 saturated carbocycles. The quantitative estimate of drug-likeness (QED) is 0.666. The molecule has 2 rings (SSSR count). The first-order valence-electron chi connectivity index (χ1n) is 6.81. The third kappa shape index (κ3) is 4.32. The van der Waals surface area contributed by atoms with Gasteiger partial charge in [0.05, 0.1) is 6.61 Å². The molecule has 3 N–H and O–H groups in total. The van der Waals surface area contributed by atoms with Crippen LogP contribution in [0.3, 0.4) is 0 Å². The van der Waals surface area contributed by atoms with Gasteiger partial charge in [-0.3, -0.25) is 9.59 Å². The standard InChI is InChI=1S/C15H19N3O3/c1-21-9-8-17-14(19)5-7-18-15(20)12-2-3-13-11(10-12)4-6-16-13/h2-4,6,10,16H,5,7-9H2,1H3,(H,17,19)(H,18,20). The minimum atomic E-state index is -0.178. The molecule has 6 heteroatoms. The highest BCUT2D eigenvalue weighted by Gasteiger charge is 2.07. The molecule has 0 spiro atoms. The largest absolute Gasteiger partial charge is 0.383 e. The van der Waals surface area contributed by atoms with Crippen LogP contribution in [0.1, 0.15) is 16.8 Å². The fourth-order valence-electron chi connectivity index (χ4n) is 1.97. The summed E-state index contributed by atoms with van der Waals surface area (Å²) in [6.07, 6.45) is 2.08.